The first kappa shape index (κ1) is 19.9. The Labute approximate surface area is 168 Å². The van der Waals surface area contributed by atoms with Crippen molar-refractivity contribution in [1.29, 1.82) is 0 Å². The molecule has 6 nitrogen and oxygen atoms in total. The van der Waals surface area contributed by atoms with Gasteiger partial charge in [0.1, 0.15) is 17.1 Å². The van der Waals surface area contributed by atoms with Gasteiger partial charge in [-0.15, -0.1) is 0 Å². The fraction of sp³-hybridized carbons (Fsp3) is 0.130. The van der Waals surface area contributed by atoms with Gasteiger partial charge in [-0.05, 0) is 30.7 Å². The van der Waals surface area contributed by atoms with E-state index < -0.39 is 18.0 Å². The Balaban J connectivity index is 1.87. The van der Waals surface area contributed by atoms with Gasteiger partial charge in [-0.2, -0.15) is 0 Å². The number of hydrogen-bond donors (Lipinski definition) is 2. The van der Waals surface area contributed by atoms with Crippen LogP contribution in [0.25, 0.3) is 0 Å². The topological polar surface area (TPSA) is 84.9 Å². The van der Waals surface area contributed by atoms with Crippen LogP contribution in [0.15, 0.2) is 72.8 Å². The van der Waals surface area contributed by atoms with E-state index in [2.05, 4.69) is 5.32 Å². The maximum Gasteiger partial charge on any atom is 0.343 e. The van der Waals surface area contributed by atoms with E-state index >= 15 is 0 Å². The van der Waals surface area contributed by atoms with Crippen molar-refractivity contribution < 1.29 is 24.2 Å². The Morgan fingerprint density at radius 2 is 1.69 bits per heavy atom. The van der Waals surface area contributed by atoms with E-state index in [1.54, 1.807) is 73.7 Å². The molecule has 3 aromatic rings. The number of amides is 1. The highest BCUT2D eigenvalue weighted by Gasteiger charge is 2.27. The van der Waals surface area contributed by atoms with Crippen molar-refractivity contribution >= 4 is 17.6 Å². The number of anilines is 1. The van der Waals surface area contributed by atoms with Gasteiger partial charge in [0.05, 0.1) is 7.11 Å². The summed E-state index contributed by atoms with van der Waals surface area (Å²) >= 11 is 0. The maximum absolute atomic E-state index is 12.9. The van der Waals surface area contributed by atoms with Gasteiger partial charge < -0.3 is 19.9 Å². The number of para-hydroxylation sites is 1. The predicted molar refractivity (Wildman–Crippen MR) is 109 cm³/mol. The lowest BCUT2D eigenvalue weighted by Gasteiger charge is -2.19. The van der Waals surface area contributed by atoms with Gasteiger partial charge in [0, 0.05) is 17.3 Å². The third-order valence-corrected chi connectivity index (χ3v) is 4.36. The molecular formula is C23H21NO5. The van der Waals surface area contributed by atoms with E-state index in [0.29, 0.717) is 22.6 Å². The van der Waals surface area contributed by atoms with Gasteiger partial charge in [-0.25, -0.2) is 4.79 Å². The number of phenolic OH excluding ortho intramolecular Hbond substituents is 1. The predicted octanol–water partition coefficient (Wildman–Crippen LogP) is 4.25. The highest BCUT2D eigenvalue weighted by molar-refractivity contribution is 5.99. The minimum atomic E-state index is -1.20. The fourth-order valence-electron chi connectivity index (χ4n) is 2.80. The van der Waals surface area contributed by atoms with Crippen molar-refractivity contribution in [3.63, 3.8) is 0 Å². The van der Waals surface area contributed by atoms with Crippen LogP contribution in [0.1, 0.15) is 27.6 Å². The number of carbonyl (C=O) groups is 2. The zero-order chi connectivity index (χ0) is 20.8. The van der Waals surface area contributed by atoms with Crippen molar-refractivity contribution in [2.24, 2.45) is 0 Å². The van der Waals surface area contributed by atoms with Gasteiger partial charge in [-0.3, -0.25) is 4.79 Å². The molecule has 0 radical (unpaired) electrons. The lowest BCUT2D eigenvalue weighted by molar-refractivity contribution is -0.125. The largest absolute Gasteiger partial charge is 0.507 e. The average Bonchev–Trinajstić information content (AvgIpc) is 2.74. The first-order chi connectivity index (χ1) is 14.0. The molecule has 0 unspecified atom stereocenters. The fourth-order valence-corrected chi connectivity index (χ4v) is 2.80. The van der Waals surface area contributed by atoms with Crippen LogP contribution in [0.2, 0.25) is 0 Å². The minimum Gasteiger partial charge on any atom is -0.507 e. The Hall–Kier alpha value is -3.80. The summed E-state index contributed by atoms with van der Waals surface area (Å²) < 4.78 is 10.7. The van der Waals surface area contributed by atoms with Crippen molar-refractivity contribution in [1.82, 2.24) is 0 Å². The second-order valence-electron chi connectivity index (χ2n) is 6.39. The quantitative estimate of drug-likeness (QED) is 0.614. The Morgan fingerprint density at radius 3 is 2.41 bits per heavy atom. The van der Waals surface area contributed by atoms with Crippen LogP contribution in [-0.2, 0) is 9.53 Å². The molecule has 0 aliphatic rings. The molecule has 0 bridgehead atoms. The molecule has 3 aromatic carbocycles. The van der Waals surface area contributed by atoms with Crippen LogP contribution in [-0.4, -0.2) is 24.1 Å². The van der Waals surface area contributed by atoms with Crippen molar-refractivity contribution in [3.8, 4) is 11.5 Å². The lowest BCUT2D eigenvalue weighted by Crippen LogP contribution is -2.26. The second-order valence-corrected chi connectivity index (χ2v) is 6.39. The SMILES string of the molecule is COc1cccc(NC(=O)[C@@H](OC(=O)c2cccc(C)c2O)c2ccccc2)c1. The number of benzene rings is 3. The molecule has 3 rings (SSSR count). The third kappa shape index (κ3) is 4.73. The van der Waals surface area contributed by atoms with Crippen LogP contribution < -0.4 is 10.1 Å². The van der Waals surface area contributed by atoms with E-state index in [1.807, 2.05) is 0 Å². The van der Waals surface area contributed by atoms with Gasteiger partial charge in [0.15, 0.2) is 0 Å². The number of phenols is 1. The highest BCUT2D eigenvalue weighted by atomic mass is 16.5. The first-order valence-corrected chi connectivity index (χ1v) is 8.99. The van der Waals surface area contributed by atoms with Gasteiger partial charge >= 0.3 is 5.97 Å². The standard InChI is InChI=1S/C23H21NO5/c1-15-8-6-13-19(20(15)25)23(27)29-21(16-9-4-3-5-10-16)22(26)24-17-11-7-12-18(14-17)28-2/h3-14,21,25H,1-2H3,(H,24,26)/t21-/m0/s1. The summed E-state index contributed by atoms with van der Waals surface area (Å²) in [5.41, 5.74) is 1.55. The van der Waals surface area contributed by atoms with Crippen molar-refractivity contribution in [2.75, 3.05) is 12.4 Å². The number of aryl methyl sites for hydroxylation is 1. The monoisotopic (exact) mass is 391 g/mol. The number of carbonyl (C=O) groups excluding carboxylic acids is 2. The summed E-state index contributed by atoms with van der Waals surface area (Å²) in [6.07, 6.45) is -1.20. The Morgan fingerprint density at radius 1 is 0.966 bits per heavy atom. The molecular weight excluding hydrogens is 370 g/mol. The molecule has 0 saturated carbocycles. The molecule has 1 atom stereocenters. The molecule has 0 aromatic heterocycles. The summed E-state index contributed by atoms with van der Waals surface area (Å²) in [4.78, 5) is 25.6. The first-order valence-electron chi connectivity index (χ1n) is 8.99. The summed E-state index contributed by atoms with van der Waals surface area (Å²) in [7, 11) is 1.53. The van der Waals surface area contributed by atoms with Gasteiger partial charge in [0.2, 0.25) is 6.10 Å². The molecule has 1 amide bonds. The normalized spacial score (nSPS) is 11.4. The second kappa shape index (κ2) is 8.93. The van der Waals surface area contributed by atoms with Crippen molar-refractivity contribution in [3.05, 3.63) is 89.5 Å². The van der Waals surface area contributed by atoms with Crippen LogP contribution in [0.3, 0.4) is 0 Å². The number of aromatic hydroxyl groups is 1. The smallest absolute Gasteiger partial charge is 0.343 e. The third-order valence-electron chi connectivity index (χ3n) is 4.36. The average molecular weight is 391 g/mol. The molecule has 6 heteroatoms. The van der Waals surface area contributed by atoms with Crippen LogP contribution >= 0.6 is 0 Å². The van der Waals surface area contributed by atoms with Gasteiger partial charge in [0.25, 0.3) is 5.91 Å². The Kier molecular flexibility index (Phi) is 6.14. The number of hydrogen-bond acceptors (Lipinski definition) is 5. The Bertz CT molecular complexity index is 1020. The molecule has 0 spiro atoms. The zero-order valence-electron chi connectivity index (χ0n) is 16.1. The zero-order valence-corrected chi connectivity index (χ0v) is 16.1. The molecule has 2 N–H and O–H groups in total. The summed E-state index contributed by atoms with van der Waals surface area (Å²) in [5.74, 6) is -0.899. The number of ether oxygens (including phenoxy) is 2. The van der Waals surface area contributed by atoms with Crippen LogP contribution in [0.4, 0.5) is 5.69 Å². The van der Waals surface area contributed by atoms with Crippen LogP contribution in [0.5, 0.6) is 11.5 Å². The molecule has 148 valence electrons. The molecule has 0 aliphatic heterocycles. The van der Waals surface area contributed by atoms with Gasteiger partial charge in [-0.1, -0.05) is 48.5 Å². The highest BCUT2D eigenvalue weighted by Crippen LogP contribution is 2.27. The molecule has 0 saturated heterocycles. The summed E-state index contributed by atoms with van der Waals surface area (Å²) in [5, 5.41) is 12.9. The minimum absolute atomic E-state index is 0.000103. The van der Waals surface area contributed by atoms with Crippen molar-refractivity contribution in [2.45, 2.75) is 13.0 Å². The molecule has 29 heavy (non-hydrogen) atoms. The number of esters is 1. The van der Waals surface area contributed by atoms with E-state index in [-0.39, 0.29) is 11.3 Å². The summed E-state index contributed by atoms with van der Waals surface area (Å²) in [6, 6.07) is 20.3. The van der Waals surface area contributed by atoms with Crippen LogP contribution in [0, 0.1) is 6.92 Å². The maximum atomic E-state index is 12.9. The molecule has 0 heterocycles. The van der Waals surface area contributed by atoms with E-state index in [4.69, 9.17) is 9.47 Å². The lowest BCUT2D eigenvalue weighted by atomic mass is 10.1. The van der Waals surface area contributed by atoms with E-state index in [1.165, 1.54) is 13.2 Å². The van der Waals surface area contributed by atoms with E-state index in [0.717, 1.165) is 0 Å². The number of nitrogens with one attached hydrogen (secondary N) is 1. The number of methoxy groups -OCH3 is 1. The van der Waals surface area contributed by atoms with E-state index in [9.17, 15) is 14.7 Å². The number of rotatable bonds is 6. The molecule has 0 aliphatic carbocycles. The molecule has 0 fully saturated rings. The summed E-state index contributed by atoms with van der Waals surface area (Å²) in [6.45, 7) is 1.68.